The minimum Gasteiger partial charge on any atom is -0.548 e. The molecule has 0 saturated heterocycles. The van der Waals surface area contributed by atoms with Crippen molar-refractivity contribution >= 4 is 22.7 Å². The number of carbonyl (C=O) groups excluding carboxylic acids is 1. The van der Waals surface area contributed by atoms with E-state index in [9.17, 15) is 9.90 Å². The predicted molar refractivity (Wildman–Crippen MR) is 92.9 cm³/mol. The monoisotopic (exact) mass is 330 g/mol. The molecule has 0 aliphatic carbocycles. The van der Waals surface area contributed by atoms with Crippen molar-refractivity contribution < 1.29 is 14.8 Å². The zero-order valence-electron chi connectivity index (χ0n) is 14.6. The van der Waals surface area contributed by atoms with Crippen LogP contribution in [0.4, 0.5) is 5.82 Å². The lowest BCUT2D eigenvalue weighted by atomic mass is 10.1. The van der Waals surface area contributed by atoms with Crippen molar-refractivity contribution in [1.82, 2.24) is 9.97 Å². The van der Waals surface area contributed by atoms with Crippen LogP contribution in [0.1, 0.15) is 32.0 Å². The van der Waals surface area contributed by atoms with Crippen LogP contribution in [0.3, 0.4) is 0 Å². The second-order valence-corrected chi connectivity index (χ2v) is 6.37. The summed E-state index contributed by atoms with van der Waals surface area (Å²) >= 11 is 0. The first-order valence-corrected chi connectivity index (χ1v) is 8.53. The zero-order chi connectivity index (χ0) is 17.5. The first kappa shape index (κ1) is 18.1. The smallest absolute Gasteiger partial charge is 0.138 e. The number of nitrogens with zero attached hydrogens (tertiary/aromatic N) is 2. The summed E-state index contributed by atoms with van der Waals surface area (Å²) in [7, 11) is 4.16. The predicted octanol–water partition coefficient (Wildman–Crippen LogP) is 0.0374. The van der Waals surface area contributed by atoms with Crippen molar-refractivity contribution in [3.05, 3.63) is 30.1 Å². The molecule has 6 nitrogen and oxygen atoms in total. The summed E-state index contributed by atoms with van der Waals surface area (Å²) in [5, 5.41) is 15.3. The van der Waals surface area contributed by atoms with E-state index in [2.05, 4.69) is 29.4 Å². The fourth-order valence-corrected chi connectivity index (χ4v) is 2.53. The van der Waals surface area contributed by atoms with Gasteiger partial charge < -0.3 is 20.1 Å². The number of anilines is 1. The molecule has 1 aromatic carbocycles. The van der Waals surface area contributed by atoms with Gasteiger partial charge in [0.25, 0.3) is 0 Å². The van der Waals surface area contributed by atoms with Gasteiger partial charge in [0, 0.05) is 5.39 Å². The molecule has 0 fully saturated rings. The Balaban J connectivity index is 2.33. The number of fused-ring (bicyclic) bond motifs is 1. The van der Waals surface area contributed by atoms with Crippen LogP contribution in [0.15, 0.2) is 24.3 Å². The molecule has 1 aromatic heterocycles. The molecule has 6 heteroatoms. The molecule has 2 aromatic rings. The van der Waals surface area contributed by atoms with Crippen LogP contribution >= 0.6 is 0 Å². The maximum atomic E-state index is 11.4. The molecular formula is C18H26N4O2. The summed E-state index contributed by atoms with van der Waals surface area (Å²) in [6.07, 6.45) is 3.03. The number of hydrogen-bond donors (Lipinski definition) is 2. The molecule has 24 heavy (non-hydrogen) atoms. The third-order valence-corrected chi connectivity index (χ3v) is 3.94. The topological polar surface area (TPSA) is 82.4 Å². The number of aromatic nitrogens is 2. The highest BCUT2D eigenvalue weighted by atomic mass is 16.4. The molecule has 0 amide bonds. The van der Waals surface area contributed by atoms with Gasteiger partial charge >= 0.3 is 0 Å². The second kappa shape index (κ2) is 8.59. The van der Waals surface area contributed by atoms with Crippen LogP contribution in [0.5, 0.6) is 0 Å². The Hall–Kier alpha value is -2.21. The highest BCUT2D eigenvalue weighted by Gasteiger charge is 2.14. The van der Waals surface area contributed by atoms with Gasteiger partial charge in [-0.3, -0.25) is 0 Å². The van der Waals surface area contributed by atoms with Crippen LogP contribution < -0.4 is 15.3 Å². The summed E-state index contributed by atoms with van der Waals surface area (Å²) in [5.74, 6) is 0.213. The highest BCUT2D eigenvalue weighted by molar-refractivity contribution is 5.90. The average Bonchev–Trinajstić information content (AvgIpc) is 2.56. The lowest BCUT2D eigenvalue weighted by molar-refractivity contribution is -0.858. The van der Waals surface area contributed by atoms with Crippen molar-refractivity contribution in [2.45, 2.75) is 38.6 Å². The minimum absolute atomic E-state index is 0.522. The van der Waals surface area contributed by atoms with E-state index in [1.165, 1.54) is 4.90 Å². The van der Waals surface area contributed by atoms with Crippen molar-refractivity contribution in [2.75, 3.05) is 26.0 Å². The minimum atomic E-state index is -1.09. The lowest BCUT2D eigenvalue weighted by Gasteiger charge is -2.21. The van der Waals surface area contributed by atoms with E-state index in [-0.39, 0.29) is 0 Å². The molecule has 0 aliphatic rings. The Bertz CT molecular complexity index is 688. The van der Waals surface area contributed by atoms with Crippen LogP contribution in [0, 0.1) is 0 Å². The van der Waals surface area contributed by atoms with E-state index in [1.807, 2.05) is 31.2 Å². The Morgan fingerprint density at radius 3 is 2.71 bits per heavy atom. The van der Waals surface area contributed by atoms with Crippen LogP contribution in [0.2, 0.25) is 0 Å². The van der Waals surface area contributed by atoms with Gasteiger partial charge in [-0.2, -0.15) is 0 Å². The molecule has 0 radical (unpaired) electrons. The van der Waals surface area contributed by atoms with E-state index in [0.29, 0.717) is 12.2 Å². The van der Waals surface area contributed by atoms with Gasteiger partial charge in [0.1, 0.15) is 11.6 Å². The van der Waals surface area contributed by atoms with Gasteiger partial charge in [0.2, 0.25) is 0 Å². The van der Waals surface area contributed by atoms with Gasteiger partial charge in [-0.1, -0.05) is 31.9 Å². The number of unbranched alkanes of at least 4 members (excludes halogenated alkanes) is 1. The maximum Gasteiger partial charge on any atom is 0.138 e. The number of hydrogen-bond acceptors (Lipinski definition) is 5. The molecule has 1 heterocycles. The Morgan fingerprint density at radius 2 is 2.04 bits per heavy atom. The molecule has 0 aliphatic heterocycles. The highest BCUT2D eigenvalue weighted by Crippen LogP contribution is 2.21. The van der Waals surface area contributed by atoms with Gasteiger partial charge in [0.15, 0.2) is 0 Å². The van der Waals surface area contributed by atoms with Crippen molar-refractivity contribution in [1.29, 1.82) is 0 Å². The Morgan fingerprint density at radius 1 is 1.29 bits per heavy atom. The maximum absolute atomic E-state index is 11.4. The SMILES string of the molecule is CCCC[C@@H](Nc1nc(CC[NH+](C)C)nc2ccccc12)C(=O)[O-]. The summed E-state index contributed by atoms with van der Waals surface area (Å²) < 4.78 is 0. The van der Waals surface area contributed by atoms with E-state index in [1.54, 1.807) is 0 Å². The van der Waals surface area contributed by atoms with Crippen molar-refractivity contribution in [3.63, 3.8) is 0 Å². The summed E-state index contributed by atoms with van der Waals surface area (Å²) in [4.78, 5) is 21.9. The molecule has 2 rings (SSSR count). The first-order valence-electron chi connectivity index (χ1n) is 8.53. The molecule has 130 valence electrons. The summed E-state index contributed by atoms with van der Waals surface area (Å²) in [6.45, 7) is 2.95. The number of quaternary nitrogens is 1. The standard InChI is InChI=1S/C18H26N4O2/c1-4-5-9-15(18(23)24)20-17-13-8-6-7-10-14(13)19-16(21-17)11-12-22(2)3/h6-8,10,15H,4-5,9,11-12H2,1-3H3,(H,23,24)(H,19,20,21)/t15-/m1/s1. The van der Waals surface area contributed by atoms with Gasteiger partial charge in [-0.15, -0.1) is 0 Å². The van der Waals surface area contributed by atoms with Crippen molar-refractivity contribution in [2.24, 2.45) is 0 Å². The zero-order valence-corrected chi connectivity index (χ0v) is 14.6. The largest absolute Gasteiger partial charge is 0.548 e. The fourth-order valence-electron chi connectivity index (χ4n) is 2.53. The van der Waals surface area contributed by atoms with E-state index in [4.69, 9.17) is 0 Å². The van der Waals surface area contributed by atoms with Crippen LogP contribution in [-0.4, -0.2) is 42.6 Å². The number of likely N-dealkylation sites (N-methyl/N-ethyl adjacent to an activating group) is 1. The number of carboxylic acid groups (broad SMARTS) is 1. The molecular weight excluding hydrogens is 304 g/mol. The Kier molecular flexibility index (Phi) is 6.49. The third-order valence-electron chi connectivity index (χ3n) is 3.94. The average molecular weight is 330 g/mol. The number of aliphatic carboxylic acids is 1. The van der Waals surface area contributed by atoms with Crippen LogP contribution in [0.25, 0.3) is 10.9 Å². The lowest BCUT2D eigenvalue weighted by Crippen LogP contribution is -3.06. The normalized spacial score (nSPS) is 12.5. The summed E-state index contributed by atoms with van der Waals surface area (Å²) in [5.41, 5.74) is 0.825. The fraction of sp³-hybridized carbons (Fsp3) is 0.500. The third kappa shape index (κ3) is 4.89. The summed E-state index contributed by atoms with van der Waals surface area (Å²) in [6, 6.07) is 6.92. The van der Waals surface area contributed by atoms with E-state index >= 15 is 0 Å². The molecule has 0 bridgehead atoms. The van der Waals surface area contributed by atoms with Gasteiger partial charge in [0.05, 0.1) is 44.6 Å². The second-order valence-electron chi connectivity index (χ2n) is 6.37. The molecule has 0 saturated carbocycles. The van der Waals surface area contributed by atoms with Crippen LogP contribution in [-0.2, 0) is 11.2 Å². The van der Waals surface area contributed by atoms with Gasteiger partial charge in [-0.25, -0.2) is 9.97 Å². The molecule has 1 atom stereocenters. The Labute approximate surface area is 142 Å². The first-order chi connectivity index (χ1) is 11.5. The number of carbonyl (C=O) groups is 1. The van der Waals surface area contributed by atoms with E-state index in [0.717, 1.165) is 42.5 Å². The molecule has 0 unspecified atom stereocenters. The number of benzene rings is 1. The molecule has 2 N–H and O–H groups in total. The number of rotatable bonds is 9. The van der Waals surface area contributed by atoms with E-state index < -0.39 is 12.0 Å². The number of para-hydroxylation sites is 1. The number of carboxylic acids is 1. The quantitative estimate of drug-likeness (QED) is 0.678. The van der Waals surface area contributed by atoms with Gasteiger partial charge in [-0.05, 0) is 18.6 Å². The van der Waals surface area contributed by atoms with Crippen molar-refractivity contribution in [3.8, 4) is 0 Å². The molecule has 0 spiro atoms. The number of nitrogens with one attached hydrogen (secondary N) is 2.